The summed E-state index contributed by atoms with van der Waals surface area (Å²) >= 11 is 3.67. The van der Waals surface area contributed by atoms with Gasteiger partial charge in [-0.3, -0.25) is 0 Å². The molecular formula is C14H17BrO3. The summed E-state index contributed by atoms with van der Waals surface area (Å²) in [5, 5.41) is 9.28. The number of hydrogen-bond donors (Lipinski definition) is 1. The van der Waals surface area contributed by atoms with Crippen molar-refractivity contribution < 1.29 is 14.6 Å². The van der Waals surface area contributed by atoms with Gasteiger partial charge in [0.15, 0.2) is 0 Å². The van der Waals surface area contributed by atoms with Gasteiger partial charge in [-0.2, -0.15) is 0 Å². The molecule has 0 saturated carbocycles. The second-order valence-corrected chi connectivity index (χ2v) is 5.58. The molecule has 98 valence electrons. The lowest BCUT2D eigenvalue weighted by Gasteiger charge is -2.29. The summed E-state index contributed by atoms with van der Waals surface area (Å²) in [6.45, 7) is 1.71. The molecule has 1 aromatic carbocycles. The smallest absolute Gasteiger partial charge is 0.137 e. The van der Waals surface area contributed by atoms with Crippen molar-refractivity contribution in [2.24, 2.45) is 0 Å². The van der Waals surface area contributed by atoms with Gasteiger partial charge < -0.3 is 14.6 Å². The number of hydrogen-bond acceptors (Lipinski definition) is 3. The number of aliphatic hydroxyl groups excluding tert-OH is 1. The first-order valence-electron chi connectivity index (χ1n) is 6.55. The maximum absolute atomic E-state index is 9.28. The zero-order valence-electron chi connectivity index (χ0n) is 10.3. The Bertz CT molecular complexity index is 434. The molecule has 0 spiro atoms. The van der Waals surface area contributed by atoms with Crippen LogP contribution in [0.2, 0.25) is 0 Å². The van der Waals surface area contributed by atoms with Gasteiger partial charge in [0.2, 0.25) is 0 Å². The first-order valence-corrected chi connectivity index (χ1v) is 7.34. The first-order chi connectivity index (χ1) is 8.83. The van der Waals surface area contributed by atoms with E-state index in [2.05, 4.69) is 15.9 Å². The minimum Gasteiger partial charge on any atom is -0.493 e. The molecule has 1 N–H and O–H groups in total. The third kappa shape index (κ3) is 1.91. The summed E-state index contributed by atoms with van der Waals surface area (Å²) in [6, 6.07) is 0. The average Bonchev–Trinajstić information content (AvgIpc) is 2.43. The van der Waals surface area contributed by atoms with Gasteiger partial charge >= 0.3 is 0 Å². The van der Waals surface area contributed by atoms with Gasteiger partial charge in [-0.25, -0.2) is 0 Å². The Balaban J connectivity index is 2.20. The average molecular weight is 313 g/mol. The summed E-state index contributed by atoms with van der Waals surface area (Å²) in [5.74, 6) is 1.97. The lowest BCUT2D eigenvalue weighted by atomic mass is 9.91. The molecule has 0 atom stereocenters. The minimum absolute atomic E-state index is 0.157. The fraction of sp³-hybridized carbons (Fsp3) is 0.571. The topological polar surface area (TPSA) is 38.7 Å². The van der Waals surface area contributed by atoms with Gasteiger partial charge in [0.1, 0.15) is 11.5 Å². The van der Waals surface area contributed by atoms with Crippen molar-refractivity contribution in [3.05, 3.63) is 21.2 Å². The molecule has 4 heteroatoms. The van der Waals surface area contributed by atoms with Gasteiger partial charge in [0, 0.05) is 23.3 Å². The molecule has 2 heterocycles. The Labute approximate surface area is 115 Å². The van der Waals surface area contributed by atoms with Crippen LogP contribution in [0.15, 0.2) is 4.47 Å². The Morgan fingerprint density at radius 1 is 1.00 bits per heavy atom. The van der Waals surface area contributed by atoms with Crippen LogP contribution in [0.3, 0.4) is 0 Å². The Kier molecular flexibility index (Phi) is 3.48. The molecule has 3 rings (SSSR count). The zero-order valence-corrected chi connectivity index (χ0v) is 11.9. The fourth-order valence-corrected chi connectivity index (χ4v) is 3.59. The number of rotatable bonds is 2. The molecule has 0 unspecified atom stereocenters. The van der Waals surface area contributed by atoms with E-state index in [0.29, 0.717) is 6.42 Å². The molecular weight excluding hydrogens is 296 g/mol. The van der Waals surface area contributed by atoms with Gasteiger partial charge in [-0.15, -0.1) is 0 Å². The molecule has 2 aliphatic rings. The monoisotopic (exact) mass is 312 g/mol. The standard InChI is InChI=1S/C14H17BrO3/c15-12-11-4-2-7-17-13(11)10(5-6-16)9-3-1-8-18-14(9)12/h16H,1-8H2. The highest BCUT2D eigenvalue weighted by Gasteiger charge is 2.27. The van der Waals surface area contributed by atoms with Crippen molar-refractivity contribution in [3.8, 4) is 11.5 Å². The SMILES string of the molecule is OCCc1c2c(c(Br)c3c1OCCC3)OCCC2. The van der Waals surface area contributed by atoms with Crippen molar-refractivity contribution in [2.75, 3.05) is 19.8 Å². The molecule has 2 aliphatic heterocycles. The highest BCUT2D eigenvalue weighted by atomic mass is 79.9. The predicted molar refractivity (Wildman–Crippen MR) is 72.6 cm³/mol. The van der Waals surface area contributed by atoms with E-state index >= 15 is 0 Å². The minimum atomic E-state index is 0.157. The molecule has 0 aromatic heterocycles. The largest absolute Gasteiger partial charge is 0.493 e. The molecule has 0 bridgehead atoms. The lowest BCUT2D eigenvalue weighted by Crippen LogP contribution is -2.18. The number of halogens is 1. The second-order valence-electron chi connectivity index (χ2n) is 4.79. The molecule has 0 fully saturated rings. The number of fused-ring (bicyclic) bond motifs is 2. The highest BCUT2D eigenvalue weighted by Crippen LogP contribution is 2.46. The molecule has 3 nitrogen and oxygen atoms in total. The van der Waals surface area contributed by atoms with Crippen LogP contribution >= 0.6 is 15.9 Å². The quantitative estimate of drug-likeness (QED) is 0.912. The van der Waals surface area contributed by atoms with E-state index in [4.69, 9.17) is 9.47 Å². The van der Waals surface area contributed by atoms with E-state index in [1.165, 1.54) is 11.1 Å². The fourth-order valence-electron chi connectivity index (χ4n) is 2.86. The van der Waals surface area contributed by atoms with Gasteiger partial charge in [-0.05, 0) is 48.0 Å². The zero-order chi connectivity index (χ0) is 12.5. The van der Waals surface area contributed by atoms with Gasteiger partial charge in [0.25, 0.3) is 0 Å². The Morgan fingerprint density at radius 2 is 1.67 bits per heavy atom. The van der Waals surface area contributed by atoms with Crippen LogP contribution in [0.4, 0.5) is 0 Å². The van der Waals surface area contributed by atoms with E-state index in [1.54, 1.807) is 0 Å². The maximum Gasteiger partial charge on any atom is 0.137 e. The van der Waals surface area contributed by atoms with Crippen molar-refractivity contribution in [1.29, 1.82) is 0 Å². The molecule has 18 heavy (non-hydrogen) atoms. The lowest BCUT2D eigenvalue weighted by molar-refractivity contribution is 0.259. The summed E-state index contributed by atoms with van der Waals surface area (Å²) < 4.78 is 12.7. The second kappa shape index (κ2) is 5.10. The van der Waals surface area contributed by atoms with E-state index < -0.39 is 0 Å². The molecule has 0 radical (unpaired) electrons. The molecule has 0 aliphatic carbocycles. The highest BCUT2D eigenvalue weighted by molar-refractivity contribution is 9.10. The van der Waals surface area contributed by atoms with Crippen LogP contribution in [0, 0.1) is 0 Å². The Hall–Kier alpha value is -0.740. The normalized spacial score (nSPS) is 17.4. The molecule has 0 saturated heterocycles. The molecule has 1 aromatic rings. The van der Waals surface area contributed by atoms with Crippen LogP contribution in [-0.2, 0) is 19.3 Å². The van der Waals surface area contributed by atoms with Crippen LogP contribution in [-0.4, -0.2) is 24.9 Å². The van der Waals surface area contributed by atoms with Crippen LogP contribution in [0.1, 0.15) is 29.5 Å². The van der Waals surface area contributed by atoms with Crippen LogP contribution in [0.5, 0.6) is 11.5 Å². The van der Waals surface area contributed by atoms with Crippen molar-refractivity contribution >= 4 is 15.9 Å². The van der Waals surface area contributed by atoms with Crippen molar-refractivity contribution in [3.63, 3.8) is 0 Å². The third-order valence-corrected chi connectivity index (χ3v) is 4.49. The first kappa shape index (κ1) is 12.3. The Morgan fingerprint density at radius 3 is 2.39 bits per heavy atom. The van der Waals surface area contributed by atoms with Crippen LogP contribution in [0.25, 0.3) is 0 Å². The number of benzene rings is 1. The summed E-state index contributed by atoms with van der Waals surface area (Å²) in [4.78, 5) is 0. The van der Waals surface area contributed by atoms with Crippen molar-refractivity contribution in [1.82, 2.24) is 0 Å². The van der Waals surface area contributed by atoms with Crippen LogP contribution < -0.4 is 9.47 Å². The summed E-state index contributed by atoms with van der Waals surface area (Å²) in [6.07, 6.45) is 4.77. The predicted octanol–water partition coefficient (Wildman–Crippen LogP) is 2.63. The van der Waals surface area contributed by atoms with E-state index in [1.807, 2.05) is 0 Å². The maximum atomic E-state index is 9.28. The van der Waals surface area contributed by atoms with Gasteiger partial charge in [0.05, 0.1) is 17.7 Å². The number of aliphatic hydroxyl groups is 1. The summed E-state index contributed by atoms with van der Waals surface area (Å²) in [7, 11) is 0. The van der Waals surface area contributed by atoms with E-state index in [0.717, 1.165) is 60.4 Å². The molecule has 0 amide bonds. The van der Waals surface area contributed by atoms with E-state index in [-0.39, 0.29) is 6.61 Å². The third-order valence-electron chi connectivity index (χ3n) is 3.65. The summed E-state index contributed by atoms with van der Waals surface area (Å²) in [5.41, 5.74) is 3.60. The number of ether oxygens (including phenoxy) is 2. The van der Waals surface area contributed by atoms with Gasteiger partial charge in [-0.1, -0.05) is 0 Å². The van der Waals surface area contributed by atoms with E-state index in [9.17, 15) is 5.11 Å². The van der Waals surface area contributed by atoms with Crippen molar-refractivity contribution in [2.45, 2.75) is 32.1 Å².